The van der Waals surface area contributed by atoms with Crippen molar-refractivity contribution in [2.24, 2.45) is 0 Å². The Bertz CT molecular complexity index is 796. The second-order valence-corrected chi connectivity index (χ2v) is 8.17. The maximum absolute atomic E-state index is 12.3. The number of thioether (sulfide) groups is 1. The van der Waals surface area contributed by atoms with Crippen LogP contribution in [0.5, 0.6) is 0 Å². The first-order valence-corrected chi connectivity index (χ1v) is 10.0. The van der Waals surface area contributed by atoms with E-state index >= 15 is 0 Å². The largest absolute Gasteiger partial charge is 0.269 e. The Morgan fingerprint density at radius 1 is 1.12 bits per heavy atom. The fraction of sp³-hybridized carbons (Fsp3) is 0.250. The summed E-state index contributed by atoms with van der Waals surface area (Å²) in [5.41, 5.74) is 2.68. The Hall–Kier alpha value is -1.94. The van der Waals surface area contributed by atoms with Crippen LogP contribution in [0, 0.1) is 10.1 Å². The maximum atomic E-state index is 12.3. The van der Waals surface area contributed by atoms with Gasteiger partial charge in [0.2, 0.25) is 0 Å². The molecule has 9 heteroatoms. The van der Waals surface area contributed by atoms with Crippen molar-refractivity contribution in [2.45, 2.75) is 34.9 Å². The van der Waals surface area contributed by atoms with E-state index in [0.29, 0.717) is 0 Å². The molecule has 0 amide bonds. The highest BCUT2D eigenvalue weighted by Crippen LogP contribution is 2.24. The summed E-state index contributed by atoms with van der Waals surface area (Å²) in [6, 6.07) is 14.4. The molecular formula is C16H19N3O4S2. The van der Waals surface area contributed by atoms with Crippen molar-refractivity contribution in [3.8, 4) is 0 Å². The quantitative estimate of drug-likeness (QED) is 0.299. The van der Waals surface area contributed by atoms with Crippen molar-refractivity contribution in [1.82, 2.24) is 10.3 Å². The lowest BCUT2D eigenvalue weighted by molar-refractivity contribution is -0.384. The summed E-state index contributed by atoms with van der Waals surface area (Å²) < 4.78 is 24.6. The third-order valence-corrected chi connectivity index (χ3v) is 5.75. The molecule has 0 radical (unpaired) electrons. The monoisotopic (exact) mass is 381 g/mol. The lowest BCUT2D eigenvalue weighted by Crippen LogP contribution is -2.42. The molecule has 134 valence electrons. The van der Waals surface area contributed by atoms with Crippen LogP contribution in [0.4, 0.5) is 5.69 Å². The second-order valence-electron chi connectivity index (χ2n) is 5.21. The van der Waals surface area contributed by atoms with Gasteiger partial charge in [0.05, 0.1) is 15.2 Å². The Kier molecular flexibility index (Phi) is 6.94. The number of hydrogen-bond donors (Lipinski definition) is 2. The minimum Gasteiger partial charge on any atom is -0.258 e. The first kappa shape index (κ1) is 19.4. The normalized spacial score (nSPS) is 12.7. The molecule has 0 aromatic heterocycles. The van der Waals surface area contributed by atoms with Crippen molar-refractivity contribution >= 4 is 27.5 Å². The first-order chi connectivity index (χ1) is 11.9. The third-order valence-electron chi connectivity index (χ3n) is 3.28. The molecule has 0 spiro atoms. The minimum absolute atomic E-state index is 0.0365. The lowest BCUT2D eigenvalue weighted by atomic mass is 10.3. The summed E-state index contributed by atoms with van der Waals surface area (Å²) >= 11 is 1.53. The summed E-state index contributed by atoms with van der Waals surface area (Å²) in [5.74, 6) is 0. The average Bonchev–Trinajstić information content (AvgIpc) is 2.61. The molecule has 0 bridgehead atoms. The topological polar surface area (TPSA) is 101 Å². The number of nitro groups is 1. The molecule has 1 atom stereocenters. The molecule has 2 rings (SSSR count). The number of nitrogens with zero attached hydrogens (tertiary/aromatic N) is 1. The predicted molar refractivity (Wildman–Crippen MR) is 97.5 cm³/mol. The van der Waals surface area contributed by atoms with Gasteiger partial charge in [-0.15, -0.1) is 16.6 Å². The molecule has 1 unspecified atom stereocenters. The molecule has 2 aromatic rings. The molecule has 0 aliphatic carbocycles. The smallest absolute Gasteiger partial charge is 0.258 e. The second kappa shape index (κ2) is 8.95. The SMILES string of the molecule is CCCC(NNS(=O)(=O)c1ccc([N+](=O)[O-])cc1)Sc1ccccc1. The number of sulfonamides is 1. The molecule has 25 heavy (non-hydrogen) atoms. The van der Waals surface area contributed by atoms with E-state index in [4.69, 9.17) is 0 Å². The van der Waals surface area contributed by atoms with Gasteiger partial charge < -0.3 is 0 Å². The van der Waals surface area contributed by atoms with Crippen LogP contribution in [-0.4, -0.2) is 18.7 Å². The molecule has 2 aromatic carbocycles. The highest BCUT2D eigenvalue weighted by atomic mass is 32.2. The minimum atomic E-state index is -3.81. The molecular weight excluding hydrogens is 362 g/mol. The predicted octanol–water partition coefficient (Wildman–Crippen LogP) is 3.30. The van der Waals surface area contributed by atoms with Crippen molar-refractivity contribution in [1.29, 1.82) is 0 Å². The van der Waals surface area contributed by atoms with E-state index in [1.54, 1.807) is 0 Å². The van der Waals surface area contributed by atoms with Crippen LogP contribution in [0.3, 0.4) is 0 Å². The standard InChI is InChI=1S/C16H19N3O4S2/c1-2-6-16(24-14-7-4-3-5-8-14)17-18-25(22,23)15-11-9-13(10-12-15)19(20)21/h3-5,7-12,16-18H,2,6H2,1H3. The van der Waals surface area contributed by atoms with E-state index in [1.807, 2.05) is 37.3 Å². The van der Waals surface area contributed by atoms with Gasteiger partial charge in [-0.2, -0.15) is 0 Å². The highest BCUT2D eigenvalue weighted by Gasteiger charge is 2.18. The van der Waals surface area contributed by atoms with Crippen LogP contribution in [0.15, 0.2) is 64.4 Å². The zero-order valence-electron chi connectivity index (χ0n) is 13.6. The number of rotatable bonds is 9. The van der Waals surface area contributed by atoms with Gasteiger partial charge in [0.1, 0.15) is 0 Å². The lowest BCUT2D eigenvalue weighted by Gasteiger charge is -2.18. The van der Waals surface area contributed by atoms with Gasteiger partial charge in [0.25, 0.3) is 15.7 Å². The Morgan fingerprint density at radius 3 is 2.32 bits per heavy atom. The van der Waals surface area contributed by atoms with Crippen LogP contribution < -0.4 is 10.3 Å². The van der Waals surface area contributed by atoms with Gasteiger partial charge in [-0.25, -0.2) is 13.8 Å². The summed E-state index contributed by atoms with van der Waals surface area (Å²) in [4.78, 5) is 13.4. The summed E-state index contributed by atoms with van der Waals surface area (Å²) in [5, 5.41) is 10.5. The van der Waals surface area contributed by atoms with E-state index in [0.717, 1.165) is 29.9 Å². The van der Waals surface area contributed by atoms with Gasteiger partial charge in [-0.05, 0) is 30.7 Å². The van der Waals surface area contributed by atoms with Crippen molar-refractivity contribution in [2.75, 3.05) is 0 Å². The number of hydrazine groups is 1. The fourth-order valence-corrected chi connectivity index (χ4v) is 4.13. The van der Waals surface area contributed by atoms with Gasteiger partial charge in [-0.3, -0.25) is 10.1 Å². The summed E-state index contributed by atoms with van der Waals surface area (Å²) in [6.07, 6.45) is 1.65. The van der Waals surface area contributed by atoms with Crippen molar-refractivity contribution in [3.63, 3.8) is 0 Å². The molecule has 0 aliphatic heterocycles. The zero-order chi connectivity index (χ0) is 18.3. The number of nitrogens with one attached hydrogen (secondary N) is 2. The fourth-order valence-electron chi connectivity index (χ4n) is 2.04. The van der Waals surface area contributed by atoms with Crippen LogP contribution in [0.1, 0.15) is 19.8 Å². The zero-order valence-corrected chi connectivity index (χ0v) is 15.2. The van der Waals surface area contributed by atoms with Crippen molar-refractivity contribution < 1.29 is 13.3 Å². The average molecular weight is 381 g/mol. The van der Waals surface area contributed by atoms with Gasteiger partial charge in [0.15, 0.2) is 0 Å². The van der Waals surface area contributed by atoms with E-state index < -0.39 is 14.9 Å². The van der Waals surface area contributed by atoms with Gasteiger partial charge in [-0.1, -0.05) is 31.5 Å². The van der Waals surface area contributed by atoms with E-state index in [9.17, 15) is 18.5 Å². The number of nitro benzene ring substituents is 1. The molecule has 0 saturated heterocycles. The van der Waals surface area contributed by atoms with E-state index in [2.05, 4.69) is 10.3 Å². The molecule has 0 fully saturated rings. The summed E-state index contributed by atoms with van der Waals surface area (Å²) in [6.45, 7) is 2.02. The van der Waals surface area contributed by atoms with E-state index in [-0.39, 0.29) is 16.0 Å². The summed E-state index contributed by atoms with van der Waals surface area (Å²) in [7, 11) is -3.81. The maximum Gasteiger partial charge on any atom is 0.269 e. The van der Waals surface area contributed by atoms with Crippen LogP contribution >= 0.6 is 11.8 Å². The van der Waals surface area contributed by atoms with Gasteiger partial charge >= 0.3 is 0 Å². The Morgan fingerprint density at radius 2 is 1.76 bits per heavy atom. The number of hydrogen-bond acceptors (Lipinski definition) is 6. The number of non-ortho nitro benzene ring substituents is 1. The highest BCUT2D eigenvalue weighted by molar-refractivity contribution is 8.00. The molecule has 7 nitrogen and oxygen atoms in total. The van der Waals surface area contributed by atoms with Crippen molar-refractivity contribution in [3.05, 3.63) is 64.7 Å². The Balaban J connectivity index is 2.03. The molecule has 0 heterocycles. The first-order valence-electron chi connectivity index (χ1n) is 7.66. The molecule has 2 N–H and O–H groups in total. The molecule has 0 aliphatic rings. The van der Waals surface area contributed by atoms with Crippen LogP contribution in [0.25, 0.3) is 0 Å². The van der Waals surface area contributed by atoms with Crippen LogP contribution in [0.2, 0.25) is 0 Å². The number of benzene rings is 2. The van der Waals surface area contributed by atoms with Crippen LogP contribution in [-0.2, 0) is 10.0 Å². The van der Waals surface area contributed by atoms with Gasteiger partial charge in [0, 0.05) is 17.0 Å². The molecule has 0 saturated carbocycles. The van der Waals surface area contributed by atoms with E-state index in [1.165, 1.54) is 23.9 Å². The Labute approximate surface area is 151 Å². The third kappa shape index (κ3) is 5.82.